The molecule has 0 bridgehead atoms. The van der Waals surface area contributed by atoms with Crippen molar-refractivity contribution in [1.29, 1.82) is 0 Å². The van der Waals surface area contributed by atoms with Crippen LogP contribution in [0.3, 0.4) is 0 Å². The highest BCUT2D eigenvalue weighted by Gasteiger charge is 2.41. The van der Waals surface area contributed by atoms with Gasteiger partial charge in [0.15, 0.2) is 5.82 Å². The van der Waals surface area contributed by atoms with Crippen molar-refractivity contribution < 1.29 is 31.2 Å². The van der Waals surface area contributed by atoms with Crippen molar-refractivity contribution in [2.24, 2.45) is 0 Å². The Bertz CT molecular complexity index is 1310. The van der Waals surface area contributed by atoms with E-state index in [1.165, 1.54) is 6.07 Å². The summed E-state index contributed by atoms with van der Waals surface area (Å²) in [6, 6.07) is 11.9. The van der Waals surface area contributed by atoms with Gasteiger partial charge in [-0.25, -0.2) is 10.0 Å². The number of hydrogen-bond acceptors (Lipinski definition) is 7. The Hall–Kier alpha value is -3.42. The number of piperazine rings is 1. The van der Waals surface area contributed by atoms with Crippen LogP contribution >= 0.6 is 0 Å². The summed E-state index contributed by atoms with van der Waals surface area (Å²) in [5.74, 6) is -0.795. The van der Waals surface area contributed by atoms with Crippen molar-refractivity contribution in [3.05, 3.63) is 77.0 Å². The normalized spacial score (nSPS) is 19.3. The molecule has 1 aromatic heterocycles. The van der Waals surface area contributed by atoms with Crippen molar-refractivity contribution in [3.63, 3.8) is 0 Å². The minimum atomic E-state index is -4.78. The number of benzene rings is 2. The van der Waals surface area contributed by atoms with Crippen LogP contribution in [0.25, 0.3) is 0 Å². The lowest BCUT2D eigenvalue weighted by Gasteiger charge is -2.32. The van der Waals surface area contributed by atoms with Gasteiger partial charge in [-0.1, -0.05) is 30.3 Å². The van der Waals surface area contributed by atoms with Crippen LogP contribution in [0.1, 0.15) is 34.7 Å². The van der Waals surface area contributed by atoms with Gasteiger partial charge in [-0.15, -0.1) is 0 Å². The average molecular weight is 567 g/mol. The minimum absolute atomic E-state index is 0.0200. The first-order valence-electron chi connectivity index (χ1n) is 12.8. The van der Waals surface area contributed by atoms with E-state index in [4.69, 9.17) is 4.84 Å². The van der Waals surface area contributed by atoms with E-state index in [-0.39, 0.29) is 18.2 Å². The molecule has 2 aromatic carbocycles. The maximum Gasteiger partial charge on any atom is 0.421 e. The number of alkyl halides is 6. The molecule has 2 aliphatic heterocycles. The molecule has 3 heterocycles. The zero-order valence-corrected chi connectivity index (χ0v) is 21.6. The first kappa shape index (κ1) is 28.1. The van der Waals surface area contributed by atoms with Gasteiger partial charge in [0.2, 0.25) is 5.95 Å². The molecule has 0 saturated carbocycles. The predicted molar refractivity (Wildman–Crippen MR) is 137 cm³/mol. The maximum absolute atomic E-state index is 14.0. The van der Waals surface area contributed by atoms with Crippen LogP contribution in [0.5, 0.6) is 0 Å². The van der Waals surface area contributed by atoms with Gasteiger partial charge in [0, 0.05) is 51.0 Å². The number of aromatic nitrogens is 2. The van der Waals surface area contributed by atoms with Gasteiger partial charge in [-0.3, -0.25) is 9.74 Å². The summed E-state index contributed by atoms with van der Waals surface area (Å²) in [4.78, 5) is 17.7. The first-order valence-corrected chi connectivity index (χ1v) is 12.8. The molecule has 13 heteroatoms. The molecule has 0 amide bonds. The lowest BCUT2D eigenvalue weighted by molar-refractivity contribution is -0.138. The fourth-order valence-corrected chi connectivity index (χ4v) is 4.87. The zero-order valence-electron chi connectivity index (χ0n) is 21.6. The lowest BCUT2D eigenvalue weighted by atomic mass is 10.0. The number of hydrogen-bond donors (Lipinski definition) is 1. The van der Waals surface area contributed by atoms with Crippen molar-refractivity contribution >= 4 is 17.5 Å². The van der Waals surface area contributed by atoms with Gasteiger partial charge in [0.05, 0.1) is 18.2 Å². The Morgan fingerprint density at radius 3 is 2.35 bits per heavy atom. The van der Waals surface area contributed by atoms with Crippen molar-refractivity contribution in [1.82, 2.24) is 19.8 Å². The van der Waals surface area contributed by atoms with Gasteiger partial charge >= 0.3 is 12.4 Å². The molecule has 1 atom stereocenters. The second-order valence-corrected chi connectivity index (χ2v) is 9.92. The van der Waals surface area contributed by atoms with E-state index in [2.05, 4.69) is 25.1 Å². The van der Waals surface area contributed by atoms with Crippen LogP contribution < -0.4 is 10.4 Å². The molecule has 40 heavy (non-hydrogen) atoms. The summed E-state index contributed by atoms with van der Waals surface area (Å²) < 4.78 is 83.1. The van der Waals surface area contributed by atoms with E-state index < -0.39 is 35.3 Å². The predicted octanol–water partition coefficient (Wildman–Crippen LogP) is 5.89. The van der Waals surface area contributed by atoms with Crippen LogP contribution in [0.2, 0.25) is 0 Å². The molecule has 7 nitrogen and oxygen atoms in total. The second kappa shape index (κ2) is 11.2. The van der Waals surface area contributed by atoms with Gasteiger partial charge in [0.25, 0.3) is 0 Å². The zero-order chi connectivity index (χ0) is 28.5. The number of likely N-dealkylation sites (N-methyl/N-ethyl adjacent to an activating group) is 1. The highest BCUT2D eigenvalue weighted by Crippen LogP contribution is 2.42. The SMILES string of the molecule is CN1CCN(Cc2cc(Nc3ncc(C(F)(F)F)c(N4OCC[C@H]4c4ccccc4)n3)cc(C(F)(F)F)c2)CC1. The molecule has 3 aromatic rings. The molecule has 214 valence electrons. The third kappa shape index (κ3) is 6.48. The Morgan fingerprint density at radius 2 is 1.68 bits per heavy atom. The Morgan fingerprint density at radius 1 is 0.950 bits per heavy atom. The molecule has 0 aliphatic carbocycles. The maximum atomic E-state index is 14.0. The van der Waals surface area contributed by atoms with Crippen molar-refractivity contribution in [2.75, 3.05) is 50.2 Å². The molecule has 0 unspecified atom stereocenters. The molecule has 2 aliphatic rings. The van der Waals surface area contributed by atoms with Gasteiger partial charge in [-0.05, 0) is 36.4 Å². The molecule has 1 N–H and O–H groups in total. The van der Waals surface area contributed by atoms with Gasteiger partial charge in [-0.2, -0.15) is 31.3 Å². The smallest absolute Gasteiger partial charge is 0.324 e. The number of hydroxylamine groups is 1. The molecular formula is C27H28F6N6O. The summed E-state index contributed by atoms with van der Waals surface area (Å²) >= 11 is 0. The van der Waals surface area contributed by atoms with E-state index in [0.717, 1.165) is 35.8 Å². The summed E-state index contributed by atoms with van der Waals surface area (Å²) in [6.45, 7) is 3.49. The van der Waals surface area contributed by atoms with Crippen LogP contribution in [-0.4, -0.2) is 59.6 Å². The molecule has 5 rings (SSSR count). The molecule has 2 fully saturated rings. The van der Waals surface area contributed by atoms with Crippen LogP contribution in [0, 0.1) is 0 Å². The van der Waals surface area contributed by atoms with Gasteiger partial charge in [0.1, 0.15) is 5.56 Å². The molecule has 0 spiro atoms. The number of halogens is 6. The van der Waals surface area contributed by atoms with E-state index in [0.29, 0.717) is 37.8 Å². The Labute approximate surface area is 227 Å². The number of rotatable bonds is 6. The number of anilines is 3. The monoisotopic (exact) mass is 566 g/mol. The first-order chi connectivity index (χ1) is 19.0. The molecular weight excluding hydrogens is 538 g/mol. The Balaban J connectivity index is 1.47. The van der Waals surface area contributed by atoms with Crippen LogP contribution in [-0.2, 0) is 23.7 Å². The fourth-order valence-electron chi connectivity index (χ4n) is 4.87. The summed E-state index contributed by atoms with van der Waals surface area (Å²) in [5, 5.41) is 3.81. The highest BCUT2D eigenvalue weighted by molar-refractivity contribution is 5.60. The lowest BCUT2D eigenvalue weighted by Crippen LogP contribution is -2.43. The largest absolute Gasteiger partial charge is 0.421 e. The van der Waals surface area contributed by atoms with Crippen LogP contribution in [0.15, 0.2) is 54.7 Å². The summed E-state index contributed by atoms with van der Waals surface area (Å²) in [6.07, 6.45) is -8.36. The number of nitrogens with zero attached hydrogens (tertiary/aromatic N) is 5. The van der Waals surface area contributed by atoms with E-state index >= 15 is 0 Å². The van der Waals surface area contributed by atoms with Crippen LogP contribution in [0.4, 0.5) is 43.8 Å². The fraction of sp³-hybridized carbons (Fsp3) is 0.407. The second-order valence-electron chi connectivity index (χ2n) is 9.92. The average Bonchev–Trinajstić information content (AvgIpc) is 3.39. The van der Waals surface area contributed by atoms with Crippen molar-refractivity contribution in [2.45, 2.75) is 31.4 Å². The van der Waals surface area contributed by atoms with Gasteiger partial charge < -0.3 is 10.2 Å². The quantitative estimate of drug-likeness (QED) is 0.374. The van der Waals surface area contributed by atoms with E-state index in [1.54, 1.807) is 30.3 Å². The van der Waals surface area contributed by atoms with E-state index in [9.17, 15) is 26.3 Å². The third-order valence-electron chi connectivity index (χ3n) is 6.95. The number of nitrogens with one attached hydrogen (secondary N) is 1. The molecule has 2 saturated heterocycles. The van der Waals surface area contributed by atoms with Crippen molar-refractivity contribution in [3.8, 4) is 0 Å². The topological polar surface area (TPSA) is 56.8 Å². The van der Waals surface area contributed by atoms with E-state index in [1.807, 2.05) is 7.05 Å². The Kier molecular flexibility index (Phi) is 7.89. The summed E-state index contributed by atoms with van der Waals surface area (Å²) in [7, 11) is 1.98. The molecule has 0 radical (unpaired) electrons. The standard InChI is InChI=1S/C27H28F6N6O/c1-37-8-10-38(11-9-37)17-18-13-20(26(28,29)30)15-21(14-18)35-25-34-16-22(27(31,32)33)24(36-25)39-23(7-12-40-39)19-5-3-2-4-6-19/h2-6,13-16,23H,7-12,17H2,1H3,(H,34,35,36)/t23-/m0/s1. The highest BCUT2D eigenvalue weighted by atomic mass is 19.4. The minimum Gasteiger partial charge on any atom is -0.324 e. The summed E-state index contributed by atoms with van der Waals surface area (Å²) in [5.41, 5.74) is -0.804. The third-order valence-corrected chi connectivity index (χ3v) is 6.95.